The van der Waals surface area contributed by atoms with Gasteiger partial charge >= 0.3 is 0 Å². The van der Waals surface area contributed by atoms with Crippen molar-refractivity contribution in [1.29, 1.82) is 0 Å². The van der Waals surface area contributed by atoms with E-state index in [1.165, 1.54) is 5.56 Å². The minimum Gasteiger partial charge on any atom is -0.384 e. The van der Waals surface area contributed by atoms with Crippen molar-refractivity contribution < 1.29 is 0 Å². The van der Waals surface area contributed by atoms with E-state index in [0.717, 1.165) is 23.9 Å². The molecule has 2 rings (SSSR count). The normalized spacial score (nSPS) is 11.1. The molecule has 0 bridgehead atoms. The van der Waals surface area contributed by atoms with E-state index in [4.69, 9.17) is 5.73 Å². The molecule has 1 heterocycles. The molecule has 2 aromatic rings. The van der Waals surface area contributed by atoms with Crippen LogP contribution in [0.5, 0.6) is 0 Å². The fraction of sp³-hybridized carbons (Fsp3) is 0.357. The summed E-state index contributed by atoms with van der Waals surface area (Å²) in [5.41, 5.74) is 8.26. The number of nitrogens with zero attached hydrogens (tertiary/aromatic N) is 2. The lowest BCUT2D eigenvalue weighted by molar-refractivity contribution is 0.675. The Morgan fingerprint density at radius 2 is 1.88 bits per heavy atom. The van der Waals surface area contributed by atoms with Gasteiger partial charge in [0.25, 0.3) is 0 Å². The summed E-state index contributed by atoms with van der Waals surface area (Å²) >= 11 is 0. The smallest absolute Gasteiger partial charge is 0.126 e. The first-order chi connectivity index (χ1) is 8.09. The minimum absolute atomic E-state index is 0.384. The Morgan fingerprint density at radius 3 is 2.47 bits per heavy atom. The van der Waals surface area contributed by atoms with Crippen LogP contribution in [0.15, 0.2) is 30.3 Å². The standard InChI is InChI=1S/C14H19N3/c1-10(2)14-16-11(3)13(15)17(14)9-12-7-5-4-6-8-12/h4-8,10H,9,15H2,1-3H3. The number of imidazole rings is 1. The zero-order chi connectivity index (χ0) is 12.4. The molecule has 0 saturated heterocycles. The average Bonchev–Trinajstić information content (AvgIpc) is 2.59. The molecule has 0 aliphatic heterocycles. The molecule has 0 saturated carbocycles. The molecule has 0 amide bonds. The van der Waals surface area contributed by atoms with Gasteiger partial charge in [0.15, 0.2) is 0 Å². The summed E-state index contributed by atoms with van der Waals surface area (Å²) in [7, 11) is 0. The molecule has 0 radical (unpaired) electrons. The van der Waals surface area contributed by atoms with Crippen molar-refractivity contribution in [2.75, 3.05) is 5.73 Å². The first kappa shape index (κ1) is 11.7. The largest absolute Gasteiger partial charge is 0.384 e. The molecular formula is C14H19N3. The Kier molecular flexibility index (Phi) is 3.18. The van der Waals surface area contributed by atoms with Crippen LogP contribution in [0.25, 0.3) is 0 Å². The average molecular weight is 229 g/mol. The molecule has 3 heteroatoms. The van der Waals surface area contributed by atoms with Gasteiger partial charge in [0.1, 0.15) is 11.6 Å². The zero-order valence-electron chi connectivity index (χ0n) is 10.6. The van der Waals surface area contributed by atoms with Gasteiger partial charge in [-0.2, -0.15) is 0 Å². The summed E-state index contributed by atoms with van der Waals surface area (Å²) in [4.78, 5) is 4.54. The molecule has 0 unspecified atom stereocenters. The molecule has 0 fully saturated rings. The molecule has 90 valence electrons. The monoisotopic (exact) mass is 229 g/mol. The molecule has 17 heavy (non-hydrogen) atoms. The topological polar surface area (TPSA) is 43.8 Å². The van der Waals surface area contributed by atoms with Crippen molar-refractivity contribution in [2.45, 2.75) is 33.2 Å². The first-order valence-corrected chi connectivity index (χ1v) is 5.96. The third-order valence-electron chi connectivity index (χ3n) is 2.92. The van der Waals surface area contributed by atoms with Crippen LogP contribution in [-0.2, 0) is 6.54 Å². The van der Waals surface area contributed by atoms with Gasteiger partial charge in [-0.05, 0) is 12.5 Å². The number of hydrogen-bond acceptors (Lipinski definition) is 2. The maximum Gasteiger partial charge on any atom is 0.126 e. The van der Waals surface area contributed by atoms with Gasteiger partial charge in [-0.15, -0.1) is 0 Å². The van der Waals surface area contributed by atoms with Gasteiger partial charge in [0.2, 0.25) is 0 Å². The van der Waals surface area contributed by atoms with Crippen LogP contribution in [0, 0.1) is 6.92 Å². The van der Waals surface area contributed by atoms with Crippen LogP contribution in [0.2, 0.25) is 0 Å². The summed E-state index contributed by atoms with van der Waals surface area (Å²) in [5, 5.41) is 0. The lowest BCUT2D eigenvalue weighted by atomic mass is 10.2. The number of benzene rings is 1. The molecule has 0 spiro atoms. The van der Waals surface area contributed by atoms with Gasteiger partial charge in [0.05, 0.1) is 12.2 Å². The van der Waals surface area contributed by atoms with E-state index >= 15 is 0 Å². The van der Waals surface area contributed by atoms with E-state index in [1.807, 2.05) is 25.1 Å². The molecule has 1 aromatic carbocycles. The van der Waals surface area contributed by atoms with Crippen LogP contribution in [-0.4, -0.2) is 9.55 Å². The number of aromatic nitrogens is 2. The Hall–Kier alpha value is -1.77. The second-order valence-electron chi connectivity index (χ2n) is 4.67. The summed E-state index contributed by atoms with van der Waals surface area (Å²) < 4.78 is 2.11. The second kappa shape index (κ2) is 4.62. The molecule has 0 atom stereocenters. The number of rotatable bonds is 3. The van der Waals surface area contributed by atoms with E-state index in [-0.39, 0.29) is 0 Å². The van der Waals surface area contributed by atoms with Gasteiger partial charge in [-0.25, -0.2) is 4.98 Å². The third kappa shape index (κ3) is 2.33. The van der Waals surface area contributed by atoms with E-state index in [2.05, 4.69) is 35.5 Å². The maximum atomic E-state index is 6.09. The lowest BCUT2D eigenvalue weighted by Crippen LogP contribution is -2.09. The van der Waals surface area contributed by atoms with Crippen molar-refractivity contribution in [1.82, 2.24) is 9.55 Å². The Bertz CT molecular complexity index is 498. The summed E-state index contributed by atoms with van der Waals surface area (Å²) in [6, 6.07) is 10.3. The molecule has 0 aliphatic carbocycles. The molecule has 1 aromatic heterocycles. The van der Waals surface area contributed by atoms with E-state index in [1.54, 1.807) is 0 Å². The van der Waals surface area contributed by atoms with E-state index in [9.17, 15) is 0 Å². The second-order valence-corrected chi connectivity index (χ2v) is 4.67. The predicted octanol–water partition coefficient (Wildman–Crippen LogP) is 2.95. The van der Waals surface area contributed by atoms with Crippen LogP contribution in [0.4, 0.5) is 5.82 Å². The highest BCUT2D eigenvalue weighted by atomic mass is 15.1. The van der Waals surface area contributed by atoms with Crippen molar-refractivity contribution in [3.63, 3.8) is 0 Å². The maximum absolute atomic E-state index is 6.09. The van der Waals surface area contributed by atoms with Crippen LogP contribution in [0.1, 0.15) is 36.8 Å². The SMILES string of the molecule is Cc1nc(C(C)C)n(Cc2ccccc2)c1N. The Labute approximate surface area is 102 Å². The van der Waals surface area contributed by atoms with Gasteiger partial charge < -0.3 is 10.3 Å². The summed E-state index contributed by atoms with van der Waals surface area (Å²) in [6.45, 7) is 7.04. The molecule has 3 nitrogen and oxygen atoms in total. The fourth-order valence-corrected chi connectivity index (χ4v) is 1.98. The quantitative estimate of drug-likeness (QED) is 0.879. The van der Waals surface area contributed by atoms with Crippen LogP contribution >= 0.6 is 0 Å². The number of aryl methyl sites for hydroxylation is 1. The predicted molar refractivity (Wildman–Crippen MR) is 71.0 cm³/mol. The van der Waals surface area contributed by atoms with E-state index < -0.39 is 0 Å². The molecular weight excluding hydrogens is 210 g/mol. The van der Waals surface area contributed by atoms with Crippen LogP contribution in [0.3, 0.4) is 0 Å². The van der Waals surface area contributed by atoms with Crippen LogP contribution < -0.4 is 5.73 Å². The van der Waals surface area contributed by atoms with Crippen molar-refractivity contribution in [3.05, 3.63) is 47.4 Å². The highest BCUT2D eigenvalue weighted by molar-refractivity contribution is 5.39. The fourth-order valence-electron chi connectivity index (χ4n) is 1.98. The summed E-state index contributed by atoms with van der Waals surface area (Å²) in [6.07, 6.45) is 0. The Morgan fingerprint density at radius 1 is 1.24 bits per heavy atom. The number of nitrogen functional groups attached to an aromatic ring is 1. The number of nitrogens with two attached hydrogens (primary N) is 1. The first-order valence-electron chi connectivity index (χ1n) is 5.96. The van der Waals surface area contributed by atoms with Gasteiger partial charge in [-0.1, -0.05) is 44.2 Å². The zero-order valence-corrected chi connectivity index (χ0v) is 10.6. The van der Waals surface area contributed by atoms with Crippen molar-refractivity contribution in [3.8, 4) is 0 Å². The number of hydrogen-bond donors (Lipinski definition) is 1. The summed E-state index contributed by atoms with van der Waals surface area (Å²) in [5.74, 6) is 2.22. The lowest BCUT2D eigenvalue weighted by Gasteiger charge is -2.12. The Balaban J connectivity index is 2.38. The highest BCUT2D eigenvalue weighted by Gasteiger charge is 2.14. The molecule has 2 N–H and O–H groups in total. The van der Waals surface area contributed by atoms with Gasteiger partial charge in [-0.3, -0.25) is 0 Å². The minimum atomic E-state index is 0.384. The van der Waals surface area contributed by atoms with Crippen molar-refractivity contribution in [2.24, 2.45) is 0 Å². The third-order valence-corrected chi connectivity index (χ3v) is 2.92. The highest BCUT2D eigenvalue weighted by Crippen LogP contribution is 2.21. The van der Waals surface area contributed by atoms with Gasteiger partial charge in [0, 0.05) is 5.92 Å². The van der Waals surface area contributed by atoms with Crippen molar-refractivity contribution >= 4 is 5.82 Å². The number of anilines is 1. The van der Waals surface area contributed by atoms with E-state index in [0.29, 0.717) is 5.92 Å². The molecule has 0 aliphatic rings.